The Kier molecular flexibility index (Phi) is 3.59. The number of pyridine rings is 1. The number of hydrogen-bond acceptors (Lipinski definition) is 5. The molecule has 0 fully saturated rings. The lowest BCUT2D eigenvalue weighted by Gasteiger charge is -2.09. The number of benzene rings is 1. The molecule has 0 saturated heterocycles. The number of nitriles is 1. The Labute approximate surface area is 116 Å². The minimum atomic E-state index is -3.79. The molecule has 1 aromatic carbocycles. The van der Waals surface area contributed by atoms with Crippen LogP contribution in [0.1, 0.15) is 11.1 Å². The number of anilines is 2. The zero-order valence-electron chi connectivity index (χ0n) is 10.7. The summed E-state index contributed by atoms with van der Waals surface area (Å²) in [6.07, 6.45) is 1.44. The maximum absolute atomic E-state index is 12.2. The van der Waals surface area contributed by atoms with Crippen LogP contribution in [0.15, 0.2) is 41.4 Å². The summed E-state index contributed by atoms with van der Waals surface area (Å²) >= 11 is 0. The summed E-state index contributed by atoms with van der Waals surface area (Å²) < 4.78 is 26.8. The fourth-order valence-electron chi connectivity index (χ4n) is 1.62. The van der Waals surface area contributed by atoms with Crippen LogP contribution in [0.4, 0.5) is 11.5 Å². The molecule has 102 valence electrons. The van der Waals surface area contributed by atoms with Crippen LogP contribution in [0, 0.1) is 18.3 Å². The molecule has 0 spiro atoms. The third-order valence-corrected chi connectivity index (χ3v) is 4.04. The standard InChI is InChI=1S/C13H12N4O2S/c1-9-7-11(5-4-10(9)8-14)20(18,19)17-13-12(15)3-2-6-16-13/h2-7H,15H2,1H3,(H,16,17). The first-order valence-corrected chi connectivity index (χ1v) is 7.16. The third-order valence-electron chi connectivity index (χ3n) is 2.70. The second-order valence-electron chi connectivity index (χ2n) is 4.14. The minimum absolute atomic E-state index is 0.0547. The van der Waals surface area contributed by atoms with Crippen LogP contribution >= 0.6 is 0 Å². The number of sulfonamides is 1. The van der Waals surface area contributed by atoms with Crippen molar-refractivity contribution in [3.63, 3.8) is 0 Å². The van der Waals surface area contributed by atoms with Crippen molar-refractivity contribution in [1.29, 1.82) is 5.26 Å². The lowest BCUT2D eigenvalue weighted by molar-refractivity contribution is 0.601. The second kappa shape index (κ2) is 5.19. The predicted molar refractivity (Wildman–Crippen MR) is 75.4 cm³/mol. The van der Waals surface area contributed by atoms with Gasteiger partial charge in [-0.1, -0.05) is 0 Å². The lowest BCUT2D eigenvalue weighted by atomic mass is 10.1. The maximum Gasteiger partial charge on any atom is 0.263 e. The minimum Gasteiger partial charge on any atom is -0.396 e. The molecule has 3 N–H and O–H groups in total. The molecule has 2 rings (SSSR count). The molecular weight excluding hydrogens is 276 g/mol. The molecular formula is C13H12N4O2S. The fraction of sp³-hybridized carbons (Fsp3) is 0.0769. The molecule has 0 atom stereocenters. The Balaban J connectivity index is 2.39. The number of nitrogen functional groups attached to an aromatic ring is 1. The quantitative estimate of drug-likeness (QED) is 0.892. The van der Waals surface area contributed by atoms with Crippen molar-refractivity contribution in [2.24, 2.45) is 0 Å². The highest BCUT2D eigenvalue weighted by Gasteiger charge is 2.17. The van der Waals surface area contributed by atoms with Gasteiger partial charge >= 0.3 is 0 Å². The molecule has 20 heavy (non-hydrogen) atoms. The van der Waals surface area contributed by atoms with Gasteiger partial charge in [0.1, 0.15) is 0 Å². The summed E-state index contributed by atoms with van der Waals surface area (Å²) in [5.41, 5.74) is 6.91. The van der Waals surface area contributed by atoms with E-state index in [1.165, 1.54) is 24.4 Å². The van der Waals surface area contributed by atoms with Crippen LogP contribution in [0.3, 0.4) is 0 Å². The van der Waals surface area contributed by atoms with Crippen molar-refractivity contribution in [1.82, 2.24) is 4.98 Å². The Morgan fingerprint density at radius 1 is 1.35 bits per heavy atom. The highest BCUT2D eigenvalue weighted by molar-refractivity contribution is 7.92. The first-order chi connectivity index (χ1) is 9.44. The number of nitrogens with one attached hydrogen (secondary N) is 1. The molecule has 1 heterocycles. The first kappa shape index (κ1) is 13.8. The van der Waals surface area contributed by atoms with E-state index in [0.29, 0.717) is 11.1 Å². The number of aromatic nitrogens is 1. The van der Waals surface area contributed by atoms with Crippen LogP contribution in [-0.4, -0.2) is 13.4 Å². The molecule has 2 aromatic rings. The Bertz CT molecular complexity index is 794. The molecule has 0 radical (unpaired) electrons. The zero-order chi connectivity index (χ0) is 14.8. The van der Waals surface area contributed by atoms with E-state index in [0.717, 1.165) is 0 Å². The molecule has 7 heteroatoms. The average Bonchev–Trinajstić information content (AvgIpc) is 2.41. The first-order valence-electron chi connectivity index (χ1n) is 5.68. The van der Waals surface area contributed by atoms with Crippen molar-refractivity contribution in [3.05, 3.63) is 47.7 Å². The Morgan fingerprint density at radius 3 is 2.70 bits per heavy atom. The normalized spacial score (nSPS) is 10.8. The third kappa shape index (κ3) is 2.70. The lowest BCUT2D eigenvalue weighted by Crippen LogP contribution is -2.15. The summed E-state index contributed by atoms with van der Waals surface area (Å²) in [6, 6.07) is 9.41. The molecule has 0 aliphatic rings. The zero-order valence-corrected chi connectivity index (χ0v) is 11.5. The van der Waals surface area contributed by atoms with Crippen LogP contribution in [-0.2, 0) is 10.0 Å². The molecule has 0 amide bonds. The average molecular weight is 288 g/mol. The van der Waals surface area contributed by atoms with Gasteiger partial charge in [0.25, 0.3) is 10.0 Å². The van der Waals surface area contributed by atoms with E-state index in [2.05, 4.69) is 9.71 Å². The van der Waals surface area contributed by atoms with Crippen molar-refractivity contribution in [2.75, 3.05) is 10.5 Å². The fourth-order valence-corrected chi connectivity index (χ4v) is 2.74. The monoisotopic (exact) mass is 288 g/mol. The van der Waals surface area contributed by atoms with E-state index in [1.54, 1.807) is 19.1 Å². The highest BCUT2D eigenvalue weighted by atomic mass is 32.2. The summed E-state index contributed by atoms with van der Waals surface area (Å²) in [5, 5.41) is 8.84. The SMILES string of the molecule is Cc1cc(S(=O)(=O)Nc2ncccc2N)ccc1C#N. The van der Waals surface area contributed by atoms with Gasteiger partial charge in [-0.2, -0.15) is 5.26 Å². The summed E-state index contributed by atoms with van der Waals surface area (Å²) in [7, 11) is -3.79. The molecule has 0 saturated carbocycles. The van der Waals surface area contributed by atoms with E-state index in [4.69, 9.17) is 11.0 Å². The number of aryl methyl sites for hydroxylation is 1. The second-order valence-corrected chi connectivity index (χ2v) is 5.82. The Hall–Kier alpha value is -2.59. The van der Waals surface area contributed by atoms with Crippen molar-refractivity contribution in [2.45, 2.75) is 11.8 Å². The molecule has 0 unspecified atom stereocenters. The van der Waals surface area contributed by atoms with E-state index >= 15 is 0 Å². The molecule has 0 aliphatic heterocycles. The summed E-state index contributed by atoms with van der Waals surface area (Å²) in [5.74, 6) is 0.0783. The van der Waals surface area contributed by atoms with E-state index in [-0.39, 0.29) is 16.4 Å². The van der Waals surface area contributed by atoms with E-state index in [1.807, 2.05) is 6.07 Å². The van der Waals surface area contributed by atoms with Crippen molar-refractivity contribution >= 4 is 21.5 Å². The largest absolute Gasteiger partial charge is 0.396 e. The topological polar surface area (TPSA) is 109 Å². The number of nitrogens with two attached hydrogens (primary N) is 1. The highest BCUT2D eigenvalue weighted by Crippen LogP contribution is 2.20. The van der Waals surface area contributed by atoms with Gasteiger partial charge in [-0.3, -0.25) is 4.72 Å². The van der Waals surface area contributed by atoms with Crippen LogP contribution < -0.4 is 10.5 Å². The van der Waals surface area contributed by atoms with E-state index < -0.39 is 10.0 Å². The summed E-state index contributed by atoms with van der Waals surface area (Å²) in [4.78, 5) is 3.93. The number of nitrogens with zero attached hydrogens (tertiary/aromatic N) is 2. The van der Waals surface area contributed by atoms with Crippen molar-refractivity contribution < 1.29 is 8.42 Å². The predicted octanol–water partition coefficient (Wildman–Crippen LogP) is 1.64. The summed E-state index contributed by atoms with van der Waals surface area (Å²) in [6.45, 7) is 1.67. The van der Waals surface area contributed by atoms with E-state index in [9.17, 15) is 8.42 Å². The Morgan fingerprint density at radius 2 is 2.10 bits per heavy atom. The molecule has 0 bridgehead atoms. The van der Waals surface area contributed by atoms with Gasteiger partial charge in [-0.15, -0.1) is 0 Å². The van der Waals surface area contributed by atoms with Gasteiger partial charge < -0.3 is 5.73 Å². The van der Waals surface area contributed by atoms with Gasteiger partial charge in [0.05, 0.1) is 22.2 Å². The van der Waals surface area contributed by atoms with Crippen LogP contribution in [0.5, 0.6) is 0 Å². The smallest absolute Gasteiger partial charge is 0.263 e. The van der Waals surface area contributed by atoms with Crippen LogP contribution in [0.25, 0.3) is 0 Å². The molecule has 6 nitrogen and oxygen atoms in total. The number of rotatable bonds is 3. The van der Waals surface area contributed by atoms with Crippen molar-refractivity contribution in [3.8, 4) is 6.07 Å². The van der Waals surface area contributed by atoms with Gasteiger partial charge in [0.2, 0.25) is 0 Å². The van der Waals surface area contributed by atoms with Gasteiger partial charge in [-0.25, -0.2) is 13.4 Å². The molecule has 0 aliphatic carbocycles. The number of hydrogen-bond donors (Lipinski definition) is 2. The van der Waals surface area contributed by atoms with Gasteiger partial charge in [0, 0.05) is 6.20 Å². The molecule has 1 aromatic heterocycles. The van der Waals surface area contributed by atoms with Gasteiger partial charge in [0.15, 0.2) is 5.82 Å². The van der Waals surface area contributed by atoms with Crippen LogP contribution in [0.2, 0.25) is 0 Å². The maximum atomic E-state index is 12.2. The van der Waals surface area contributed by atoms with Gasteiger partial charge in [-0.05, 0) is 42.8 Å².